The van der Waals surface area contributed by atoms with Gasteiger partial charge in [-0.25, -0.2) is 0 Å². The number of ether oxygens (including phenoxy) is 4. The van der Waals surface area contributed by atoms with Crippen LogP contribution in [-0.2, 0) is 18.9 Å². The average Bonchev–Trinajstić information content (AvgIpc) is 3.21. The zero-order valence-electron chi connectivity index (χ0n) is 22.8. The van der Waals surface area contributed by atoms with E-state index < -0.39 is 0 Å². The maximum atomic E-state index is 6.67. The molecule has 3 saturated carbocycles. The first-order valence-electron chi connectivity index (χ1n) is 14.3. The van der Waals surface area contributed by atoms with Crippen LogP contribution in [0.5, 0.6) is 0 Å². The van der Waals surface area contributed by atoms with Crippen LogP contribution < -0.4 is 0 Å². The summed E-state index contributed by atoms with van der Waals surface area (Å²) in [5, 5.41) is 1.12. The zero-order valence-corrected chi connectivity index (χ0v) is 24.4. The molecule has 0 heterocycles. The zero-order chi connectivity index (χ0) is 25.1. The Kier molecular flexibility index (Phi) is 9.63. The normalized spacial score (nSPS) is 39.3. The van der Waals surface area contributed by atoms with Gasteiger partial charge in [0.05, 0.1) is 38.6 Å². The Labute approximate surface area is 222 Å². The number of hydrogen-bond donors (Lipinski definition) is 0. The van der Waals surface area contributed by atoms with Crippen LogP contribution in [-0.4, -0.2) is 57.2 Å². The van der Waals surface area contributed by atoms with E-state index in [0.29, 0.717) is 43.7 Å². The lowest BCUT2D eigenvalue weighted by atomic mass is 9.49. The maximum absolute atomic E-state index is 6.67. The molecule has 0 aromatic rings. The van der Waals surface area contributed by atoms with Gasteiger partial charge in [-0.05, 0) is 75.0 Å². The third-order valence-corrected chi connectivity index (χ3v) is 11.2. The molecule has 0 saturated heterocycles. The second kappa shape index (κ2) is 12.1. The highest BCUT2D eigenvalue weighted by Crippen LogP contribution is 2.66. The lowest BCUT2D eigenvalue weighted by Crippen LogP contribution is -2.54. The summed E-state index contributed by atoms with van der Waals surface area (Å²) < 4.78 is 24.1. The molecule has 4 aliphatic carbocycles. The molecule has 1 unspecified atom stereocenters. The maximum Gasteiger partial charge on any atom is 0.0704 e. The fraction of sp³-hybridized carbons (Fsp3) is 0.867. The van der Waals surface area contributed by atoms with Crippen LogP contribution in [0.4, 0.5) is 0 Å². The minimum absolute atomic E-state index is 0.0521. The number of halogens is 1. The molecule has 0 amide bonds. The molecule has 0 spiro atoms. The van der Waals surface area contributed by atoms with Crippen LogP contribution in [0.1, 0.15) is 73.1 Å². The van der Waals surface area contributed by atoms with Crippen molar-refractivity contribution >= 4 is 15.9 Å². The van der Waals surface area contributed by atoms with Crippen molar-refractivity contribution in [3.63, 3.8) is 0 Å². The predicted octanol–water partition coefficient (Wildman–Crippen LogP) is 6.97. The highest BCUT2D eigenvalue weighted by molar-refractivity contribution is 9.09. The highest BCUT2D eigenvalue weighted by Gasteiger charge is 2.59. The Morgan fingerprint density at radius 1 is 0.943 bits per heavy atom. The molecule has 35 heavy (non-hydrogen) atoms. The Morgan fingerprint density at radius 3 is 2.34 bits per heavy atom. The van der Waals surface area contributed by atoms with Crippen LogP contribution in [0.3, 0.4) is 0 Å². The fourth-order valence-electron chi connectivity index (χ4n) is 8.27. The van der Waals surface area contributed by atoms with Crippen LogP contribution in [0.25, 0.3) is 0 Å². The van der Waals surface area contributed by atoms with Gasteiger partial charge in [-0.15, -0.1) is 0 Å². The van der Waals surface area contributed by atoms with E-state index in [1.807, 2.05) is 13.8 Å². The van der Waals surface area contributed by atoms with Gasteiger partial charge < -0.3 is 18.9 Å². The van der Waals surface area contributed by atoms with Gasteiger partial charge in [0.25, 0.3) is 0 Å². The van der Waals surface area contributed by atoms with Crippen molar-refractivity contribution in [1.82, 2.24) is 0 Å². The molecule has 4 nitrogen and oxygen atoms in total. The van der Waals surface area contributed by atoms with E-state index in [0.717, 1.165) is 43.2 Å². The molecule has 0 aromatic carbocycles. The first-order valence-corrected chi connectivity index (χ1v) is 15.4. The van der Waals surface area contributed by atoms with E-state index in [1.54, 1.807) is 5.57 Å². The standard InChI is InChI=1S/C30H49BrO4/c1-6-32-14-16-34-23-18-22-8-9-24-26-11-10-25(21(3)20-31)29(26,4)13-12-27(24)30(22,5)28(19-23)35-17-15-33-7-2/h8-9,21,23,25-28H,6-7,10-20H2,1-5H3/t21?,23-,25-,26+,27+,28+,29-,30+/m1/s1. The summed E-state index contributed by atoms with van der Waals surface area (Å²) in [4.78, 5) is 0. The van der Waals surface area contributed by atoms with Gasteiger partial charge in [0, 0.05) is 30.4 Å². The molecule has 0 bridgehead atoms. The van der Waals surface area contributed by atoms with Crippen LogP contribution >= 0.6 is 15.9 Å². The van der Waals surface area contributed by atoms with E-state index in [2.05, 4.69) is 48.9 Å². The summed E-state index contributed by atoms with van der Waals surface area (Å²) in [5.74, 6) is 2.86. The Morgan fingerprint density at radius 2 is 1.66 bits per heavy atom. The number of allylic oxidation sites excluding steroid dienone is 3. The van der Waals surface area contributed by atoms with Crippen LogP contribution in [0, 0.1) is 34.5 Å². The summed E-state index contributed by atoms with van der Waals surface area (Å²) >= 11 is 3.79. The second-order valence-corrected chi connectivity index (χ2v) is 12.4. The van der Waals surface area contributed by atoms with Crippen LogP contribution in [0.2, 0.25) is 0 Å². The Balaban J connectivity index is 1.57. The van der Waals surface area contributed by atoms with Crippen molar-refractivity contribution in [2.75, 3.05) is 45.0 Å². The van der Waals surface area contributed by atoms with Crippen molar-refractivity contribution in [2.45, 2.75) is 85.4 Å². The molecular weight excluding hydrogens is 504 g/mol. The van der Waals surface area contributed by atoms with Gasteiger partial charge in [-0.3, -0.25) is 0 Å². The second-order valence-electron chi connectivity index (χ2n) is 11.8. The summed E-state index contributed by atoms with van der Waals surface area (Å²) in [6.45, 7) is 15.8. The summed E-state index contributed by atoms with van der Waals surface area (Å²) in [7, 11) is 0. The molecule has 4 aliphatic rings. The smallest absolute Gasteiger partial charge is 0.0704 e. The van der Waals surface area contributed by atoms with Gasteiger partial charge in [-0.2, -0.15) is 0 Å². The quantitative estimate of drug-likeness (QED) is 0.193. The van der Waals surface area contributed by atoms with Gasteiger partial charge >= 0.3 is 0 Å². The molecule has 0 radical (unpaired) electrons. The first kappa shape index (κ1) is 27.8. The van der Waals surface area contributed by atoms with E-state index in [4.69, 9.17) is 18.9 Å². The number of alkyl halides is 1. The highest BCUT2D eigenvalue weighted by atomic mass is 79.9. The summed E-state index contributed by atoms with van der Waals surface area (Å²) in [5.41, 5.74) is 3.74. The largest absolute Gasteiger partial charge is 0.379 e. The lowest BCUT2D eigenvalue weighted by molar-refractivity contribution is -0.116. The van der Waals surface area contributed by atoms with Crippen molar-refractivity contribution in [3.8, 4) is 0 Å². The van der Waals surface area contributed by atoms with E-state index >= 15 is 0 Å². The predicted molar refractivity (Wildman–Crippen MR) is 146 cm³/mol. The minimum atomic E-state index is 0.0521. The van der Waals surface area contributed by atoms with E-state index in [9.17, 15) is 0 Å². The van der Waals surface area contributed by atoms with Gasteiger partial charge in [-0.1, -0.05) is 60.0 Å². The molecule has 8 atom stereocenters. The van der Waals surface area contributed by atoms with Crippen molar-refractivity contribution in [1.29, 1.82) is 0 Å². The Hall–Kier alpha value is -0.200. The molecule has 0 aromatic heterocycles. The van der Waals surface area contributed by atoms with Gasteiger partial charge in [0.1, 0.15) is 0 Å². The molecule has 3 fully saturated rings. The summed E-state index contributed by atoms with van der Waals surface area (Å²) in [6.07, 6.45) is 12.7. The molecular formula is C30H49BrO4. The first-order chi connectivity index (χ1) is 16.9. The number of hydrogen-bond acceptors (Lipinski definition) is 4. The van der Waals surface area contributed by atoms with E-state index in [-0.39, 0.29) is 17.6 Å². The van der Waals surface area contributed by atoms with Gasteiger partial charge in [0.2, 0.25) is 0 Å². The summed E-state index contributed by atoms with van der Waals surface area (Å²) in [6, 6.07) is 0. The molecule has 0 N–H and O–H groups in total. The van der Waals surface area contributed by atoms with Gasteiger partial charge in [0.15, 0.2) is 0 Å². The Bertz CT molecular complexity index is 765. The SMILES string of the molecule is CCOCCO[C@@H]1CC2=CC=C3[C@@H]4CC[C@H](C(C)CBr)[C@@]4(C)CC[C@@H]3[C@@]2(C)[C@@H](OCCOCC)C1. The monoisotopic (exact) mass is 552 g/mol. The molecule has 5 heteroatoms. The third kappa shape index (κ3) is 5.37. The third-order valence-electron chi connectivity index (χ3n) is 10.1. The van der Waals surface area contributed by atoms with Crippen LogP contribution in [0.15, 0.2) is 23.3 Å². The van der Waals surface area contributed by atoms with Crippen molar-refractivity contribution in [2.24, 2.45) is 34.5 Å². The van der Waals surface area contributed by atoms with E-state index in [1.165, 1.54) is 31.3 Å². The molecule has 4 rings (SSSR count). The number of fused-ring (bicyclic) bond motifs is 5. The topological polar surface area (TPSA) is 36.9 Å². The lowest BCUT2D eigenvalue weighted by Gasteiger charge is -2.57. The molecule has 0 aliphatic heterocycles. The number of rotatable bonds is 12. The van der Waals surface area contributed by atoms with Crippen molar-refractivity contribution < 1.29 is 18.9 Å². The van der Waals surface area contributed by atoms with Crippen molar-refractivity contribution in [3.05, 3.63) is 23.3 Å². The fourth-order valence-corrected chi connectivity index (χ4v) is 8.72. The average molecular weight is 554 g/mol. The minimum Gasteiger partial charge on any atom is -0.379 e. The molecule has 200 valence electrons.